The molecular formula is C33H42N8O2. The van der Waals surface area contributed by atoms with Crippen molar-refractivity contribution in [3.05, 3.63) is 72.1 Å². The SMILES string of the molecule is NC(=O)c1ncc(N2CCC[C@@H](NC(=O)Nc3ccccc3)C2)nc1Nc1ccc(C2CCN(C3CCCC3)CC2)cc1. The Kier molecular flexibility index (Phi) is 9.02. The minimum absolute atomic E-state index is 0.0518. The highest BCUT2D eigenvalue weighted by Gasteiger charge is 2.28. The molecule has 2 aromatic carbocycles. The summed E-state index contributed by atoms with van der Waals surface area (Å²) in [6, 6.07) is 18.3. The highest BCUT2D eigenvalue weighted by Crippen LogP contribution is 2.33. The number of rotatable bonds is 8. The summed E-state index contributed by atoms with van der Waals surface area (Å²) in [7, 11) is 0. The third-order valence-corrected chi connectivity index (χ3v) is 9.12. The molecule has 226 valence electrons. The smallest absolute Gasteiger partial charge is 0.319 e. The van der Waals surface area contributed by atoms with Gasteiger partial charge in [-0.25, -0.2) is 14.8 Å². The third-order valence-electron chi connectivity index (χ3n) is 9.12. The number of piperidine rings is 2. The average molecular weight is 583 g/mol. The van der Waals surface area contributed by atoms with Crippen LogP contribution in [0.2, 0.25) is 0 Å². The summed E-state index contributed by atoms with van der Waals surface area (Å²) in [6.07, 6.45) is 11.2. The fourth-order valence-electron chi connectivity index (χ4n) is 6.82. The van der Waals surface area contributed by atoms with Gasteiger partial charge >= 0.3 is 6.03 Å². The van der Waals surface area contributed by atoms with Gasteiger partial charge in [0, 0.05) is 36.5 Å². The minimum atomic E-state index is -0.636. The van der Waals surface area contributed by atoms with Crippen molar-refractivity contribution >= 4 is 34.9 Å². The Morgan fingerprint density at radius 1 is 0.837 bits per heavy atom. The van der Waals surface area contributed by atoms with Crippen LogP contribution < -0.4 is 26.6 Å². The predicted octanol–water partition coefficient (Wildman–Crippen LogP) is 5.23. The molecule has 1 aromatic heterocycles. The number of para-hydroxylation sites is 1. The van der Waals surface area contributed by atoms with Gasteiger partial charge in [0.2, 0.25) is 0 Å². The zero-order chi connectivity index (χ0) is 29.6. The molecule has 3 aliphatic rings. The second kappa shape index (κ2) is 13.4. The maximum Gasteiger partial charge on any atom is 0.319 e. The molecule has 6 rings (SSSR count). The van der Waals surface area contributed by atoms with Crippen molar-refractivity contribution < 1.29 is 9.59 Å². The Morgan fingerprint density at radius 2 is 1.58 bits per heavy atom. The summed E-state index contributed by atoms with van der Waals surface area (Å²) < 4.78 is 0. The van der Waals surface area contributed by atoms with Gasteiger partial charge in [-0.15, -0.1) is 0 Å². The summed E-state index contributed by atoms with van der Waals surface area (Å²) in [5, 5.41) is 9.23. The summed E-state index contributed by atoms with van der Waals surface area (Å²) in [5.74, 6) is 0.905. The number of urea groups is 1. The molecule has 1 saturated carbocycles. The lowest BCUT2D eigenvalue weighted by Gasteiger charge is -2.36. The van der Waals surface area contributed by atoms with E-state index in [0.29, 0.717) is 24.1 Å². The first-order chi connectivity index (χ1) is 21.0. The van der Waals surface area contributed by atoms with Crippen LogP contribution in [0.25, 0.3) is 0 Å². The largest absolute Gasteiger partial charge is 0.364 e. The second-order valence-corrected chi connectivity index (χ2v) is 12.0. The van der Waals surface area contributed by atoms with Crippen molar-refractivity contribution in [1.82, 2.24) is 20.2 Å². The van der Waals surface area contributed by atoms with E-state index in [1.54, 1.807) is 6.20 Å². The first-order valence-electron chi connectivity index (χ1n) is 15.7. The Labute approximate surface area is 253 Å². The maximum absolute atomic E-state index is 12.6. The molecule has 0 unspecified atom stereocenters. The van der Waals surface area contributed by atoms with Crippen LogP contribution in [0.15, 0.2) is 60.8 Å². The molecule has 1 atom stereocenters. The Bertz CT molecular complexity index is 1390. The highest BCUT2D eigenvalue weighted by molar-refractivity contribution is 5.96. The number of carbonyl (C=O) groups is 2. The monoisotopic (exact) mass is 582 g/mol. The molecule has 0 radical (unpaired) electrons. The zero-order valence-corrected chi connectivity index (χ0v) is 24.7. The number of carbonyl (C=O) groups excluding carboxylic acids is 2. The molecule has 10 nitrogen and oxygen atoms in total. The van der Waals surface area contributed by atoms with Crippen LogP contribution in [0.3, 0.4) is 0 Å². The van der Waals surface area contributed by atoms with Crippen molar-refractivity contribution in [3.8, 4) is 0 Å². The van der Waals surface area contributed by atoms with Crippen molar-refractivity contribution in [1.29, 1.82) is 0 Å². The zero-order valence-electron chi connectivity index (χ0n) is 24.7. The number of nitrogens with one attached hydrogen (secondary N) is 3. The van der Waals surface area contributed by atoms with Crippen LogP contribution in [0.4, 0.5) is 27.8 Å². The second-order valence-electron chi connectivity index (χ2n) is 12.0. The molecule has 5 N–H and O–H groups in total. The number of amides is 3. The van der Waals surface area contributed by atoms with E-state index >= 15 is 0 Å². The van der Waals surface area contributed by atoms with Crippen LogP contribution in [-0.4, -0.2) is 65.1 Å². The van der Waals surface area contributed by atoms with E-state index in [9.17, 15) is 9.59 Å². The molecule has 10 heteroatoms. The normalized spacial score (nSPS) is 20.1. The number of nitrogens with zero attached hydrogens (tertiary/aromatic N) is 4. The van der Waals surface area contributed by atoms with E-state index in [2.05, 4.69) is 42.9 Å². The van der Waals surface area contributed by atoms with Gasteiger partial charge in [0.25, 0.3) is 5.91 Å². The summed E-state index contributed by atoms with van der Waals surface area (Å²) >= 11 is 0. The van der Waals surface area contributed by atoms with Gasteiger partial charge < -0.3 is 31.5 Å². The molecule has 0 spiro atoms. The molecule has 3 amide bonds. The Hall–Kier alpha value is -4.18. The van der Waals surface area contributed by atoms with Gasteiger partial charge in [-0.2, -0.15) is 0 Å². The van der Waals surface area contributed by atoms with Crippen LogP contribution in [-0.2, 0) is 0 Å². The lowest BCUT2D eigenvalue weighted by atomic mass is 9.88. The molecule has 3 aromatic rings. The number of hydrogen-bond acceptors (Lipinski definition) is 7. The first-order valence-corrected chi connectivity index (χ1v) is 15.7. The van der Waals surface area contributed by atoms with Crippen LogP contribution >= 0.6 is 0 Å². The number of primary amides is 1. The first kappa shape index (κ1) is 28.9. The molecule has 43 heavy (non-hydrogen) atoms. The van der Waals surface area contributed by atoms with Crippen LogP contribution in [0.1, 0.15) is 73.3 Å². The van der Waals surface area contributed by atoms with Crippen molar-refractivity contribution in [2.45, 2.75) is 69.4 Å². The fraction of sp³-hybridized carbons (Fsp3) is 0.455. The minimum Gasteiger partial charge on any atom is -0.364 e. The number of benzene rings is 2. The topological polar surface area (TPSA) is 129 Å². The molecule has 2 aliphatic heterocycles. The standard InChI is InChI=1S/C33H42N8O2/c34-31(42)30-32(36-26-14-12-23(13-15-26)24-16-19-40(20-17-24)28-10-4-5-11-28)39-29(21-35-30)41-18-6-9-27(22-41)38-33(43)37-25-7-2-1-3-8-25/h1-3,7-8,12-15,21,24,27-28H,4-6,9-11,16-20,22H2,(H2,34,42)(H,36,39)(H2,37,38,43)/t27-/m1/s1. The van der Waals surface area contributed by atoms with Gasteiger partial charge in [0.05, 0.1) is 6.20 Å². The quantitative estimate of drug-likeness (QED) is 0.286. The van der Waals surface area contributed by atoms with Crippen LogP contribution in [0.5, 0.6) is 0 Å². The molecule has 2 saturated heterocycles. The summed E-state index contributed by atoms with van der Waals surface area (Å²) in [5.41, 5.74) is 8.69. The van der Waals surface area contributed by atoms with Gasteiger partial charge in [-0.1, -0.05) is 43.2 Å². The average Bonchev–Trinajstić information content (AvgIpc) is 3.57. The van der Waals surface area contributed by atoms with Crippen LogP contribution in [0, 0.1) is 0 Å². The summed E-state index contributed by atoms with van der Waals surface area (Å²) in [6.45, 7) is 3.73. The molecule has 3 heterocycles. The molecule has 1 aliphatic carbocycles. The number of aromatic nitrogens is 2. The van der Waals surface area contributed by atoms with Gasteiger partial charge in [-0.05, 0) is 87.4 Å². The lowest BCUT2D eigenvalue weighted by Crippen LogP contribution is -2.49. The molecule has 0 bridgehead atoms. The maximum atomic E-state index is 12.6. The van der Waals surface area contributed by atoms with E-state index in [1.807, 2.05) is 42.5 Å². The highest BCUT2D eigenvalue weighted by atomic mass is 16.2. The number of anilines is 4. The van der Waals surface area contributed by atoms with E-state index in [-0.39, 0.29) is 17.8 Å². The van der Waals surface area contributed by atoms with E-state index in [4.69, 9.17) is 10.7 Å². The Balaban J connectivity index is 1.08. The molecular weight excluding hydrogens is 540 g/mol. The van der Waals surface area contributed by atoms with Gasteiger partial charge in [0.15, 0.2) is 11.5 Å². The molecule has 3 fully saturated rings. The summed E-state index contributed by atoms with van der Waals surface area (Å²) in [4.78, 5) is 38.7. The predicted molar refractivity (Wildman–Crippen MR) is 170 cm³/mol. The van der Waals surface area contributed by atoms with E-state index in [0.717, 1.165) is 36.8 Å². The van der Waals surface area contributed by atoms with E-state index in [1.165, 1.54) is 57.2 Å². The number of hydrogen-bond donors (Lipinski definition) is 4. The van der Waals surface area contributed by atoms with Gasteiger partial charge in [-0.3, -0.25) is 4.79 Å². The van der Waals surface area contributed by atoms with Gasteiger partial charge in [0.1, 0.15) is 5.82 Å². The fourth-order valence-corrected chi connectivity index (χ4v) is 6.82. The lowest BCUT2D eigenvalue weighted by molar-refractivity contribution is 0.0996. The van der Waals surface area contributed by atoms with Crippen molar-refractivity contribution in [2.24, 2.45) is 5.73 Å². The van der Waals surface area contributed by atoms with Crippen molar-refractivity contribution in [3.63, 3.8) is 0 Å². The van der Waals surface area contributed by atoms with E-state index < -0.39 is 5.91 Å². The van der Waals surface area contributed by atoms with Crippen molar-refractivity contribution in [2.75, 3.05) is 41.7 Å². The number of nitrogens with two attached hydrogens (primary N) is 1. The Morgan fingerprint density at radius 3 is 2.30 bits per heavy atom. The third kappa shape index (κ3) is 7.25. The number of likely N-dealkylation sites (tertiary alicyclic amines) is 1.